The van der Waals surface area contributed by atoms with Gasteiger partial charge in [-0.2, -0.15) is 0 Å². The SMILES string of the molecule is CC1(C)CN(Cc2cc(Br)ccc2F)CC(CBr)O1. The lowest BCUT2D eigenvalue weighted by atomic mass is 10.0. The first kappa shape index (κ1) is 15.4. The van der Waals surface area contributed by atoms with Gasteiger partial charge in [-0.05, 0) is 32.0 Å². The van der Waals surface area contributed by atoms with Crippen LogP contribution in [0.3, 0.4) is 0 Å². The van der Waals surface area contributed by atoms with Crippen molar-refractivity contribution in [3.63, 3.8) is 0 Å². The van der Waals surface area contributed by atoms with Crippen molar-refractivity contribution in [1.29, 1.82) is 0 Å². The summed E-state index contributed by atoms with van der Waals surface area (Å²) >= 11 is 6.86. The fourth-order valence-electron chi connectivity index (χ4n) is 2.52. The van der Waals surface area contributed by atoms with Crippen LogP contribution in [-0.2, 0) is 11.3 Å². The van der Waals surface area contributed by atoms with Crippen LogP contribution in [0.5, 0.6) is 0 Å². The maximum Gasteiger partial charge on any atom is 0.127 e. The molecule has 0 spiro atoms. The molecule has 1 saturated heterocycles. The largest absolute Gasteiger partial charge is 0.369 e. The molecule has 0 aromatic heterocycles. The molecule has 0 N–H and O–H groups in total. The summed E-state index contributed by atoms with van der Waals surface area (Å²) in [6, 6.07) is 5.08. The van der Waals surface area contributed by atoms with Gasteiger partial charge in [-0.1, -0.05) is 31.9 Å². The molecule has 1 fully saturated rings. The summed E-state index contributed by atoms with van der Waals surface area (Å²) in [7, 11) is 0. The summed E-state index contributed by atoms with van der Waals surface area (Å²) in [5.74, 6) is -0.150. The highest BCUT2D eigenvalue weighted by molar-refractivity contribution is 9.10. The number of morpholine rings is 1. The zero-order valence-electron chi connectivity index (χ0n) is 11.1. The molecule has 0 aliphatic carbocycles. The average Bonchev–Trinajstić information content (AvgIpc) is 2.32. The topological polar surface area (TPSA) is 12.5 Å². The summed E-state index contributed by atoms with van der Waals surface area (Å²) in [5.41, 5.74) is 0.527. The van der Waals surface area contributed by atoms with Crippen molar-refractivity contribution < 1.29 is 9.13 Å². The van der Waals surface area contributed by atoms with Gasteiger partial charge in [0.2, 0.25) is 0 Å². The second-order valence-electron chi connectivity index (χ2n) is 5.56. The van der Waals surface area contributed by atoms with E-state index < -0.39 is 0 Å². The lowest BCUT2D eigenvalue weighted by Gasteiger charge is -2.42. The standard InChI is InChI=1S/C14H18Br2FNO/c1-14(2)9-18(8-12(6-15)19-14)7-10-5-11(16)3-4-13(10)17/h3-5,12H,6-9H2,1-2H3. The fourth-order valence-corrected chi connectivity index (χ4v) is 3.27. The number of alkyl halides is 1. The first-order valence-corrected chi connectivity index (χ1v) is 8.21. The Kier molecular flexibility index (Phi) is 5.04. The molecule has 0 bridgehead atoms. The van der Waals surface area contributed by atoms with E-state index in [1.807, 2.05) is 6.07 Å². The summed E-state index contributed by atoms with van der Waals surface area (Å²) in [6.45, 7) is 6.39. The Morgan fingerprint density at radius 3 is 2.89 bits per heavy atom. The maximum absolute atomic E-state index is 13.8. The molecule has 0 saturated carbocycles. The summed E-state index contributed by atoms with van der Waals surface area (Å²) in [4.78, 5) is 2.25. The van der Waals surface area contributed by atoms with Gasteiger partial charge in [-0.3, -0.25) is 4.90 Å². The third-order valence-corrected chi connectivity index (χ3v) is 4.34. The highest BCUT2D eigenvalue weighted by Gasteiger charge is 2.32. The highest BCUT2D eigenvalue weighted by Crippen LogP contribution is 2.25. The minimum absolute atomic E-state index is 0.150. The molecular weight excluding hydrogens is 377 g/mol. The predicted molar refractivity (Wildman–Crippen MR) is 82.1 cm³/mol. The van der Waals surface area contributed by atoms with Crippen LogP contribution in [-0.4, -0.2) is 35.0 Å². The Morgan fingerprint density at radius 1 is 1.47 bits per heavy atom. The molecule has 2 rings (SSSR count). The average molecular weight is 395 g/mol. The maximum atomic E-state index is 13.8. The first-order valence-electron chi connectivity index (χ1n) is 6.30. The van der Waals surface area contributed by atoms with E-state index in [9.17, 15) is 4.39 Å². The quantitative estimate of drug-likeness (QED) is 0.719. The van der Waals surface area contributed by atoms with Gasteiger partial charge >= 0.3 is 0 Å². The lowest BCUT2D eigenvalue weighted by molar-refractivity contribution is -0.128. The Morgan fingerprint density at radius 2 is 2.21 bits per heavy atom. The van der Waals surface area contributed by atoms with Gasteiger partial charge in [-0.15, -0.1) is 0 Å². The van der Waals surface area contributed by atoms with Gasteiger partial charge in [0.05, 0.1) is 11.7 Å². The Balaban J connectivity index is 2.11. The van der Waals surface area contributed by atoms with Gasteiger partial charge in [0.25, 0.3) is 0 Å². The van der Waals surface area contributed by atoms with Crippen molar-refractivity contribution in [3.05, 3.63) is 34.1 Å². The third kappa shape index (κ3) is 4.25. The van der Waals surface area contributed by atoms with Gasteiger partial charge < -0.3 is 4.74 Å². The van der Waals surface area contributed by atoms with E-state index in [2.05, 4.69) is 50.6 Å². The minimum atomic E-state index is -0.195. The Bertz CT molecular complexity index is 453. The summed E-state index contributed by atoms with van der Waals surface area (Å²) in [6.07, 6.45) is 0.152. The van der Waals surface area contributed by atoms with Crippen LogP contribution in [0.4, 0.5) is 4.39 Å². The van der Waals surface area contributed by atoms with E-state index in [4.69, 9.17) is 4.74 Å². The molecule has 5 heteroatoms. The number of hydrogen-bond donors (Lipinski definition) is 0. The van der Waals surface area contributed by atoms with Crippen LogP contribution in [0.2, 0.25) is 0 Å². The summed E-state index contributed by atoms with van der Waals surface area (Å²) in [5, 5.41) is 0.800. The molecular formula is C14H18Br2FNO. The van der Waals surface area contributed by atoms with Gasteiger partial charge in [0, 0.05) is 35.0 Å². The van der Waals surface area contributed by atoms with Crippen LogP contribution in [0.25, 0.3) is 0 Å². The van der Waals surface area contributed by atoms with E-state index in [-0.39, 0.29) is 17.5 Å². The van der Waals surface area contributed by atoms with Crippen molar-refractivity contribution in [2.24, 2.45) is 0 Å². The fraction of sp³-hybridized carbons (Fsp3) is 0.571. The Labute approximate surface area is 130 Å². The molecule has 1 aromatic carbocycles. The van der Waals surface area contributed by atoms with Crippen LogP contribution >= 0.6 is 31.9 Å². The van der Waals surface area contributed by atoms with Crippen molar-refractivity contribution in [2.45, 2.75) is 32.1 Å². The summed E-state index contributed by atoms with van der Waals surface area (Å²) < 4.78 is 20.7. The first-order chi connectivity index (χ1) is 8.89. The monoisotopic (exact) mass is 393 g/mol. The second-order valence-corrected chi connectivity index (χ2v) is 7.12. The van der Waals surface area contributed by atoms with E-state index in [0.717, 1.165) is 28.5 Å². The number of hydrogen-bond acceptors (Lipinski definition) is 2. The molecule has 1 aliphatic heterocycles. The van der Waals surface area contributed by atoms with E-state index >= 15 is 0 Å². The molecule has 19 heavy (non-hydrogen) atoms. The predicted octanol–water partition coefficient (Wildman–Crippen LogP) is 3.96. The molecule has 1 aromatic rings. The van der Waals surface area contributed by atoms with Crippen LogP contribution in [0, 0.1) is 5.82 Å². The van der Waals surface area contributed by atoms with Crippen LogP contribution < -0.4 is 0 Å². The number of rotatable bonds is 3. The minimum Gasteiger partial charge on any atom is -0.369 e. The van der Waals surface area contributed by atoms with Crippen molar-refractivity contribution in [3.8, 4) is 0 Å². The van der Waals surface area contributed by atoms with Crippen LogP contribution in [0.1, 0.15) is 19.4 Å². The Hall–Kier alpha value is 0.0300. The number of ether oxygens (including phenoxy) is 1. The second kappa shape index (κ2) is 6.20. The number of halogens is 3. The van der Waals surface area contributed by atoms with E-state index in [1.54, 1.807) is 6.07 Å². The molecule has 106 valence electrons. The molecule has 0 amide bonds. The van der Waals surface area contributed by atoms with Crippen molar-refractivity contribution in [1.82, 2.24) is 4.90 Å². The number of nitrogens with zero attached hydrogens (tertiary/aromatic N) is 1. The van der Waals surface area contributed by atoms with Gasteiger partial charge in [0.15, 0.2) is 0 Å². The zero-order valence-corrected chi connectivity index (χ0v) is 14.3. The third-order valence-electron chi connectivity index (χ3n) is 3.13. The molecule has 1 heterocycles. The van der Waals surface area contributed by atoms with Crippen molar-refractivity contribution >= 4 is 31.9 Å². The van der Waals surface area contributed by atoms with Gasteiger partial charge in [0.1, 0.15) is 5.82 Å². The zero-order chi connectivity index (χ0) is 14.0. The molecule has 0 radical (unpaired) electrons. The van der Waals surface area contributed by atoms with Crippen molar-refractivity contribution in [2.75, 3.05) is 18.4 Å². The van der Waals surface area contributed by atoms with Gasteiger partial charge in [-0.25, -0.2) is 4.39 Å². The lowest BCUT2D eigenvalue weighted by Crippen LogP contribution is -2.52. The normalized spacial score (nSPS) is 23.5. The molecule has 1 aliphatic rings. The smallest absolute Gasteiger partial charge is 0.127 e. The van der Waals surface area contributed by atoms with E-state index in [1.165, 1.54) is 6.07 Å². The molecule has 1 atom stereocenters. The molecule has 2 nitrogen and oxygen atoms in total. The molecule has 1 unspecified atom stereocenters. The highest BCUT2D eigenvalue weighted by atomic mass is 79.9. The number of benzene rings is 1. The van der Waals surface area contributed by atoms with E-state index in [0.29, 0.717) is 6.54 Å². The van der Waals surface area contributed by atoms with Crippen LogP contribution in [0.15, 0.2) is 22.7 Å².